The van der Waals surface area contributed by atoms with Crippen molar-refractivity contribution in [2.24, 2.45) is 5.14 Å². The van der Waals surface area contributed by atoms with Gasteiger partial charge in [0.2, 0.25) is 10.0 Å². The smallest absolute Gasteiger partial charge is 0.238 e. The van der Waals surface area contributed by atoms with E-state index in [4.69, 9.17) is 10.9 Å². The van der Waals surface area contributed by atoms with E-state index in [-0.39, 0.29) is 16.4 Å². The molecule has 6 nitrogen and oxygen atoms in total. The lowest BCUT2D eigenvalue weighted by atomic mass is 10.0. The number of phenolic OH excluding ortho intramolecular Hbond substituents is 2. The number of primary sulfonamides is 1. The summed E-state index contributed by atoms with van der Waals surface area (Å²) in [7, 11) is -3.52. The Balaban J connectivity index is 0.000000197. The fraction of sp³-hybridized carbons (Fsp3) is 0.0526. The summed E-state index contributed by atoms with van der Waals surface area (Å²) in [5.41, 5.74) is 8.21. The number of nitrogens with two attached hydrogens (primary N) is 2. The van der Waals surface area contributed by atoms with Crippen LogP contribution < -0.4 is 10.9 Å². The van der Waals surface area contributed by atoms with E-state index < -0.39 is 10.0 Å². The molecule has 0 radical (unpaired) electrons. The second-order valence-corrected chi connectivity index (χ2v) is 7.18. The Bertz CT molecular complexity index is 980. The lowest BCUT2D eigenvalue weighted by Crippen LogP contribution is -2.11. The Kier molecular flexibility index (Phi) is 5.86. The largest absolute Gasteiger partial charge is 0.507 e. The maximum Gasteiger partial charge on any atom is 0.238 e. The average molecular weight is 372 g/mol. The first-order valence-electron chi connectivity index (χ1n) is 7.65. The predicted molar refractivity (Wildman–Crippen MR) is 102 cm³/mol. The molecule has 0 unspecified atom stereocenters. The number of sulfonamides is 1. The normalized spacial score (nSPS) is 10.7. The Morgan fingerprint density at radius 1 is 0.808 bits per heavy atom. The van der Waals surface area contributed by atoms with Gasteiger partial charge in [0.1, 0.15) is 11.5 Å². The molecule has 0 fully saturated rings. The number of phenols is 2. The molecule has 0 heterocycles. The molecule has 0 bridgehead atoms. The lowest BCUT2D eigenvalue weighted by Gasteiger charge is -2.09. The second-order valence-electron chi connectivity index (χ2n) is 5.62. The topological polar surface area (TPSA) is 127 Å². The third-order valence-corrected chi connectivity index (χ3v) is 4.53. The quantitative estimate of drug-likeness (QED) is 0.514. The number of para-hydroxylation sites is 1. The van der Waals surface area contributed by atoms with Crippen LogP contribution in [0.5, 0.6) is 11.5 Å². The number of aromatic hydroxyl groups is 2. The van der Waals surface area contributed by atoms with Crippen molar-refractivity contribution in [3.8, 4) is 22.6 Å². The number of anilines is 1. The summed E-state index contributed by atoms with van der Waals surface area (Å²) in [6.07, 6.45) is 0. The molecule has 0 saturated carbocycles. The zero-order chi connectivity index (χ0) is 19.3. The van der Waals surface area contributed by atoms with Gasteiger partial charge in [-0.25, -0.2) is 13.6 Å². The standard InChI is InChI=1S/C12H11NO2.C7H9NO2S/c13-9-5-3-7-11(15)12(9)8-4-1-2-6-10(8)14;1-6-2-4-7(5-3-6)11(8,9)10/h1-7,14-15H,13H2;2-5H,1H3,(H2,8,9,10). The molecule has 3 rings (SSSR count). The molecule has 0 aromatic heterocycles. The number of benzene rings is 3. The number of hydrogen-bond donors (Lipinski definition) is 4. The van der Waals surface area contributed by atoms with Gasteiger partial charge >= 0.3 is 0 Å². The first-order valence-corrected chi connectivity index (χ1v) is 9.20. The highest BCUT2D eigenvalue weighted by Gasteiger charge is 2.11. The minimum absolute atomic E-state index is 0.0662. The second kappa shape index (κ2) is 7.90. The summed E-state index contributed by atoms with van der Waals surface area (Å²) in [5.74, 6) is 0.169. The van der Waals surface area contributed by atoms with Gasteiger partial charge in [0.25, 0.3) is 0 Å². The van der Waals surface area contributed by atoms with E-state index in [9.17, 15) is 18.6 Å². The van der Waals surface area contributed by atoms with Gasteiger partial charge in [0.15, 0.2) is 0 Å². The molecule has 0 amide bonds. The van der Waals surface area contributed by atoms with Crippen molar-refractivity contribution in [3.05, 3.63) is 72.3 Å². The number of aryl methyl sites for hydroxylation is 1. The summed E-state index contributed by atoms with van der Waals surface area (Å²) in [6.45, 7) is 1.88. The minimum atomic E-state index is -3.52. The molecule has 0 aliphatic heterocycles. The number of nitrogen functional groups attached to an aromatic ring is 1. The molecular weight excluding hydrogens is 352 g/mol. The molecule has 6 N–H and O–H groups in total. The van der Waals surface area contributed by atoms with Gasteiger partial charge in [-0.15, -0.1) is 0 Å². The van der Waals surface area contributed by atoms with Gasteiger partial charge < -0.3 is 15.9 Å². The van der Waals surface area contributed by atoms with Crippen LogP contribution in [0.3, 0.4) is 0 Å². The lowest BCUT2D eigenvalue weighted by molar-refractivity contribution is 0.469. The fourth-order valence-corrected chi connectivity index (χ4v) is 2.78. The van der Waals surface area contributed by atoms with Crippen LogP contribution in [0.1, 0.15) is 5.56 Å². The molecular formula is C19H20N2O4S. The fourth-order valence-electron chi connectivity index (χ4n) is 2.26. The van der Waals surface area contributed by atoms with E-state index in [2.05, 4.69) is 0 Å². The summed E-state index contributed by atoms with van der Waals surface area (Å²) in [4.78, 5) is 0.156. The molecule has 0 aliphatic rings. The predicted octanol–water partition coefficient (Wildman–Crippen LogP) is 2.99. The van der Waals surface area contributed by atoms with Gasteiger partial charge in [-0.05, 0) is 37.3 Å². The maximum atomic E-state index is 10.7. The zero-order valence-electron chi connectivity index (χ0n) is 14.1. The van der Waals surface area contributed by atoms with E-state index in [1.165, 1.54) is 18.2 Å². The first kappa shape index (κ1) is 19.3. The van der Waals surface area contributed by atoms with E-state index in [0.717, 1.165) is 5.56 Å². The number of hydrogen-bond acceptors (Lipinski definition) is 5. The van der Waals surface area contributed by atoms with Crippen molar-refractivity contribution in [2.45, 2.75) is 11.8 Å². The van der Waals surface area contributed by atoms with Crippen molar-refractivity contribution in [3.63, 3.8) is 0 Å². The zero-order valence-corrected chi connectivity index (χ0v) is 14.9. The summed E-state index contributed by atoms with van der Waals surface area (Å²) in [6, 6.07) is 18.0. The van der Waals surface area contributed by atoms with Gasteiger partial charge in [-0.3, -0.25) is 0 Å². The van der Waals surface area contributed by atoms with Crippen LogP contribution in [0.25, 0.3) is 11.1 Å². The number of rotatable bonds is 2. The maximum absolute atomic E-state index is 10.7. The molecule has 0 aliphatic carbocycles. The molecule has 3 aromatic rings. The van der Waals surface area contributed by atoms with Crippen molar-refractivity contribution in [1.29, 1.82) is 0 Å². The summed E-state index contributed by atoms with van der Waals surface area (Å²) >= 11 is 0. The Morgan fingerprint density at radius 2 is 1.38 bits per heavy atom. The minimum Gasteiger partial charge on any atom is -0.507 e. The molecule has 3 aromatic carbocycles. The van der Waals surface area contributed by atoms with E-state index in [0.29, 0.717) is 16.8 Å². The molecule has 0 saturated heterocycles. The third kappa shape index (κ3) is 4.75. The first-order chi connectivity index (χ1) is 12.2. The van der Waals surface area contributed by atoms with Crippen molar-refractivity contribution in [2.75, 3.05) is 5.73 Å². The molecule has 136 valence electrons. The Labute approximate surface area is 152 Å². The van der Waals surface area contributed by atoms with Gasteiger partial charge in [-0.1, -0.05) is 42.0 Å². The van der Waals surface area contributed by atoms with Gasteiger partial charge in [-0.2, -0.15) is 0 Å². The van der Waals surface area contributed by atoms with Crippen LogP contribution in [-0.2, 0) is 10.0 Å². The van der Waals surface area contributed by atoms with Crippen LogP contribution in [0, 0.1) is 6.92 Å². The molecule has 0 spiro atoms. The van der Waals surface area contributed by atoms with Crippen LogP contribution in [0.4, 0.5) is 5.69 Å². The molecule has 0 atom stereocenters. The van der Waals surface area contributed by atoms with Crippen LogP contribution in [0.2, 0.25) is 0 Å². The average Bonchev–Trinajstić information content (AvgIpc) is 2.56. The van der Waals surface area contributed by atoms with Crippen molar-refractivity contribution < 1.29 is 18.6 Å². The van der Waals surface area contributed by atoms with E-state index in [1.54, 1.807) is 48.5 Å². The van der Waals surface area contributed by atoms with E-state index >= 15 is 0 Å². The highest BCUT2D eigenvalue weighted by atomic mass is 32.2. The van der Waals surface area contributed by atoms with E-state index in [1.807, 2.05) is 6.92 Å². The van der Waals surface area contributed by atoms with Crippen LogP contribution in [-0.4, -0.2) is 18.6 Å². The van der Waals surface area contributed by atoms with Gasteiger partial charge in [0.05, 0.1) is 10.5 Å². The Morgan fingerprint density at radius 3 is 1.92 bits per heavy atom. The SMILES string of the molecule is Cc1ccc(S(N)(=O)=O)cc1.Nc1cccc(O)c1-c1ccccc1O. The molecule has 7 heteroatoms. The summed E-state index contributed by atoms with van der Waals surface area (Å²) in [5, 5.41) is 24.2. The highest BCUT2D eigenvalue weighted by Crippen LogP contribution is 2.38. The van der Waals surface area contributed by atoms with Gasteiger partial charge in [0, 0.05) is 11.3 Å². The monoisotopic (exact) mass is 372 g/mol. The molecule has 26 heavy (non-hydrogen) atoms. The van der Waals surface area contributed by atoms with Crippen molar-refractivity contribution >= 4 is 15.7 Å². The summed E-state index contributed by atoms with van der Waals surface area (Å²) < 4.78 is 21.4. The van der Waals surface area contributed by atoms with Crippen LogP contribution in [0.15, 0.2) is 71.6 Å². The van der Waals surface area contributed by atoms with Crippen molar-refractivity contribution in [1.82, 2.24) is 0 Å². The Hall–Kier alpha value is -3.03. The highest BCUT2D eigenvalue weighted by molar-refractivity contribution is 7.89. The van der Waals surface area contributed by atoms with Crippen LogP contribution >= 0.6 is 0 Å². The third-order valence-electron chi connectivity index (χ3n) is 3.60.